The highest BCUT2D eigenvalue weighted by Gasteiger charge is 2.10. The van der Waals surface area contributed by atoms with Crippen LogP contribution in [-0.4, -0.2) is 27.6 Å². The van der Waals surface area contributed by atoms with Crippen LogP contribution in [0.15, 0.2) is 45.0 Å². The molecule has 1 N–H and O–H groups in total. The molecule has 24 heavy (non-hydrogen) atoms. The van der Waals surface area contributed by atoms with Gasteiger partial charge < -0.3 is 9.84 Å². The number of thiophene rings is 1. The molecule has 0 aromatic carbocycles. The summed E-state index contributed by atoms with van der Waals surface area (Å²) in [6.45, 7) is 0.623. The molecule has 0 fully saturated rings. The Hall–Kier alpha value is -2.06. The number of rotatable bonds is 7. The number of aromatic nitrogens is 3. The molecule has 1 amide bonds. The van der Waals surface area contributed by atoms with Crippen LogP contribution in [0.3, 0.4) is 0 Å². The third-order valence-corrected chi connectivity index (χ3v) is 4.98. The zero-order valence-electron chi connectivity index (χ0n) is 12.7. The summed E-state index contributed by atoms with van der Waals surface area (Å²) in [6, 6.07) is 7.69. The summed E-state index contributed by atoms with van der Waals surface area (Å²) in [5.74, 6) is 0.949. The van der Waals surface area contributed by atoms with Crippen molar-refractivity contribution in [2.24, 2.45) is 0 Å². The van der Waals surface area contributed by atoms with E-state index in [-0.39, 0.29) is 5.91 Å². The van der Waals surface area contributed by atoms with Gasteiger partial charge in [0.15, 0.2) is 0 Å². The molecule has 0 spiro atoms. The molecular formula is C16H15BrN4O2S. The van der Waals surface area contributed by atoms with Crippen LogP contribution in [0, 0.1) is 0 Å². The highest BCUT2D eigenvalue weighted by Crippen LogP contribution is 2.22. The second-order valence-corrected chi connectivity index (χ2v) is 7.60. The molecule has 0 aliphatic rings. The van der Waals surface area contributed by atoms with Gasteiger partial charge in [0.05, 0.1) is 3.79 Å². The minimum atomic E-state index is -0.0192. The normalized spacial score (nSPS) is 10.7. The van der Waals surface area contributed by atoms with Gasteiger partial charge in [-0.05, 0) is 46.6 Å². The highest BCUT2D eigenvalue weighted by molar-refractivity contribution is 9.11. The minimum Gasteiger partial charge on any atom is -0.356 e. The van der Waals surface area contributed by atoms with E-state index in [0.29, 0.717) is 31.1 Å². The summed E-state index contributed by atoms with van der Waals surface area (Å²) in [6.07, 6.45) is 4.92. The second kappa shape index (κ2) is 8.16. The molecule has 0 saturated heterocycles. The van der Waals surface area contributed by atoms with Crippen molar-refractivity contribution < 1.29 is 9.32 Å². The smallest absolute Gasteiger partial charge is 0.227 e. The number of aryl methyl sites for hydroxylation is 1. The van der Waals surface area contributed by atoms with Crippen LogP contribution in [0.25, 0.3) is 11.4 Å². The van der Waals surface area contributed by atoms with Crippen molar-refractivity contribution >= 4 is 33.2 Å². The monoisotopic (exact) mass is 406 g/mol. The third kappa shape index (κ3) is 4.72. The van der Waals surface area contributed by atoms with Crippen LogP contribution < -0.4 is 5.32 Å². The molecule has 8 heteroatoms. The Morgan fingerprint density at radius 2 is 2.04 bits per heavy atom. The van der Waals surface area contributed by atoms with Crippen LogP contribution in [0.1, 0.15) is 17.2 Å². The van der Waals surface area contributed by atoms with E-state index in [2.05, 4.69) is 42.4 Å². The molecule has 0 saturated carbocycles. The first-order chi connectivity index (χ1) is 11.7. The fraction of sp³-hybridized carbons (Fsp3) is 0.250. The van der Waals surface area contributed by atoms with Gasteiger partial charge >= 0.3 is 0 Å². The molecule has 0 atom stereocenters. The lowest BCUT2D eigenvalue weighted by atomic mass is 10.2. The van der Waals surface area contributed by atoms with Crippen molar-refractivity contribution in [1.82, 2.24) is 20.4 Å². The Labute approximate surface area is 151 Å². The number of carbonyl (C=O) groups is 1. The number of halogens is 1. The van der Waals surface area contributed by atoms with E-state index in [0.717, 1.165) is 15.8 Å². The molecular weight excluding hydrogens is 392 g/mol. The fourth-order valence-electron chi connectivity index (χ4n) is 2.09. The number of nitrogens with one attached hydrogen (secondary N) is 1. The summed E-state index contributed by atoms with van der Waals surface area (Å²) in [5, 5.41) is 6.82. The lowest BCUT2D eigenvalue weighted by Crippen LogP contribution is -2.25. The van der Waals surface area contributed by atoms with Crippen LogP contribution in [-0.2, 0) is 17.6 Å². The van der Waals surface area contributed by atoms with E-state index in [9.17, 15) is 4.79 Å². The standard InChI is InChI=1S/C16H15BrN4O2S/c17-13-2-1-12(24-13)7-10-19-14(22)3-4-15-20-16(21-23-15)11-5-8-18-9-6-11/h1-2,5-6,8-9H,3-4,7,10H2,(H,19,22). The largest absolute Gasteiger partial charge is 0.356 e. The predicted molar refractivity (Wildman–Crippen MR) is 94.6 cm³/mol. The first kappa shape index (κ1) is 16.8. The van der Waals surface area contributed by atoms with Crippen molar-refractivity contribution in [3.8, 4) is 11.4 Å². The first-order valence-electron chi connectivity index (χ1n) is 7.44. The Morgan fingerprint density at radius 3 is 2.79 bits per heavy atom. The fourth-order valence-corrected chi connectivity index (χ4v) is 3.58. The van der Waals surface area contributed by atoms with Crippen molar-refractivity contribution in [2.75, 3.05) is 6.54 Å². The average molecular weight is 407 g/mol. The lowest BCUT2D eigenvalue weighted by Gasteiger charge is -2.02. The van der Waals surface area contributed by atoms with E-state index in [1.807, 2.05) is 18.2 Å². The zero-order valence-corrected chi connectivity index (χ0v) is 15.1. The molecule has 3 rings (SSSR count). The molecule has 0 radical (unpaired) electrons. The number of carbonyl (C=O) groups excluding carboxylic acids is 1. The quantitative estimate of drug-likeness (QED) is 0.651. The molecule has 0 bridgehead atoms. The van der Waals surface area contributed by atoms with Crippen molar-refractivity contribution in [1.29, 1.82) is 0 Å². The summed E-state index contributed by atoms with van der Waals surface area (Å²) in [7, 11) is 0. The molecule has 3 aromatic rings. The van der Waals surface area contributed by atoms with Gasteiger partial charge in [-0.1, -0.05) is 5.16 Å². The van der Waals surface area contributed by atoms with E-state index in [1.54, 1.807) is 23.7 Å². The van der Waals surface area contributed by atoms with E-state index in [1.165, 1.54) is 4.88 Å². The average Bonchev–Trinajstić information content (AvgIpc) is 3.23. The van der Waals surface area contributed by atoms with Crippen LogP contribution in [0.2, 0.25) is 0 Å². The zero-order chi connectivity index (χ0) is 16.8. The van der Waals surface area contributed by atoms with Gasteiger partial charge in [0, 0.05) is 42.2 Å². The SMILES string of the molecule is O=C(CCc1nc(-c2ccncc2)no1)NCCc1ccc(Br)s1. The molecule has 0 aliphatic carbocycles. The van der Waals surface area contributed by atoms with E-state index in [4.69, 9.17) is 4.52 Å². The summed E-state index contributed by atoms with van der Waals surface area (Å²) in [4.78, 5) is 21.4. The molecule has 0 aliphatic heterocycles. The first-order valence-corrected chi connectivity index (χ1v) is 9.05. The molecule has 124 valence electrons. The molecule has 3 heterocycles. The number of pyridine rings is 1. The topological polar surface area (TPSA) is 80.9 Å². The predicted octanol–water partition coefficient (Wildman–Crippen LogP) is 3.25. The van der Waals surface area contributed by atoms with Gasteiger partial charge in [-0.25, -0.2) is 0 Å². The molecule has 6 nitrogen and oxygen atoms in total. The van der Waals surface area contributed by atoms with Crippen molar-refractivity contribution in [2.45, 2.75) is 19.3 Å². The van der Waals surface area contributed by atoms with Gasteiger partial charge in [0.1, 0.15) is 0 Å². The Kier molecular flexibility index (Phi) is 5.71. The minimum absolute atomic E-state index is 0.0192. The van der Waals surface area contributed by atoms with Crippen molar-refractivity contribution in [3.05, 3.63) is 51.2 Å². The third-order valence-electron chi connectivity index (χ3n) is 3.29. The maximum Gasteiger partial charge on any atom is 0.227 e. The molecule has 3 aromatic heterocycles. The van der Waals surface area contributed by atoms with Gasteiger partial charge in [0.25, 0.3) is 0 Å². The van der Waals surface area contributed by atoms with Gasteiger partial charge in [-0.3, -0.25) is 9.78 Å². The lowest BCUT2D eigenvalue weighted by molar-refractivity contribution is -0.121. The van der Waals surface area contributed by atoms with Gasteiger partial charge in [-0.2, -0.15) is 4.98 Å². The highest BCUT2D eigenvalue weighted by atomic mass is 79.9. The van der Waals surface area contributed by atoms with E-state index < -0.39 is 0 Å². The van der Waals surface area contributed by atoms with Crippen molar-refractivity contribution in [3.63, 3.8) is 0 Å². The number of amides is 1. The summed E-state index contributed by atoms with van der Waals surface area (Å²) >= 11 is 5.10. The second-order valence-electron chi connectivity index (χ2n) is 5.05. The van der Waals surface area contributed by atoms with Gasteiger partial charge in [-0.15, -0.1) is 11.3 Å². The summed E-state index contributed by atoms with van der Waals surface area (Å²) in [5.41, 5.74) is 0.839. The molecule has 0 unspecified atom stereocenters. The van der Waals surface area contributed by atoms with Crippen LogP contribution in [0.5, 0.6) is 0 Å². The summed E-state index contributed by atoms with van der Waals surface area (Å²) < 4.78 is 6.28. The maximum atomic E-state index is 11.9. The maximum absolute atomic E-state index is 11.9. The number of hydrogen-bond acceptors (Lipinski definition) is 6. The Bertz CT molecular complexity index is 803. The number of hydrogen-bond donors (Lipinski definition) is 1. The Morgan fingerprint density at radius 1 is 1.21 bits per heavy atom. The van der Waals surface area contributed by atoms with Gasteiger partial charge in [0.2, 0.25) is 17.6 Å². The number of nitrogens with zero attached hydrogens (tertiary/aromatic N) is 3. The van der Waals surface area contributed by atoms with E-state index >= 15 is 0 Å². The Balaban J connectivity index is 1.42. The van der Waals surface area contributed by atoms with Crippen LogP contribution >= 0.6 is 27.3 Å². The van der Waals surface area contributed by atoms with Crippen LogP contribution in [0.4, 0.5) is 0 Å².